The smallest absolute Gasteiger partial charge is 0.340 e. The highest BCUT2D eigenvalue weighted by atomic mass is 32.5. The molecule has 3 atom stereocenters. The van der Waals surface area contributed by atoms with E-state index in [0.717, 1.165) is 16.7 Å². The van der Waals surface area contributed by atoms with E-state index in [2.05, 4.69) is 33.6 Å². The van der Waals surface area contributed by atoms with Gasteiger partial charge in [0.1, 0.15) is 0 Å². The standard InChI is InChI=1S/C25H27N2O3PS/c1-26-22(19-13-7-4-8-14-19)23(20-15-9-5-10-16-20)27(2)31(26,32)30-24(25(28)29-3)21-17-11-6-12-18-21/h4-18,22-24H,1-3H3/t22-,23-,24+/m1/s1. The fourth-order valence-electron chi connectivity index (χ4n) is 4.30. The van der Waals surface area contributed by atoms with Crippen molar-refractivity contribution in [2.24, 2.45) is 0 Å². The van der Waals surface area contributed by atoms with E-state index < -0.39 is 18.6 Å². The van der Waals surface area contributed by atoms with Crippen LogP contribution in [0.15, 0.2) is 91.0 Å². The van der Waals surface area contributed by atoms with Crippen LogP contribution in [0, 0.1) is 0 Å². The molecule has 0 aromatic heterocycles. The van der Waals surface area contributed by atoms with Gasteiger partial charge >= 0.3 is 5.97 Å². The Morgan fingerprint density at radius 3 is 1.62 bits per heavy atom. The zero-order valence-electron chi connectivity index (χ0n) is 18.4. The Morgan fingerprint density at radius 1 is 0.812 bits per heavy atom. The summed E-state index contributed by atoms with van der Waals surface area (Å²) >= 11 is 6.24. The number of benzene rings is 3. The third-order valence-electron chi connectivity index (χ3n) is 5.94. The monoisotopic (exact) mass is 466 g/mol. The van der Waals surface area contributed by atoms with E-state index in [9.17, 15) is 4.79 Å². The Hall–Kier alpha value is -2.34. The van der Waals surface area contributed by atoms with Crippen LogP contribution < -0.4 is 0 Å². The molecule has 3 aromatic carbocycles. The van der Waals surface area contributed by atoms with E-state index in [1.54, 1.807) is 0 Å². The lowest BCUT2D eigenvalue weighted by Gasteiger charge is -2.33. The Bertz CT molecular complexity index is 1040. The molecule has 7 heteroatoms. The van der Waals surface area contributed by atoms with Gasteiger partial charge in [0.25, 0.3) is 0 Å². The maximum atomic E-state index is 12.7. The van der Waals surface area contributed by atoms with E-state index in [-0.39, 0.29) is 12.1 Å². The quantitative estimate of drug-likeness (QED) is 0.353. The molecule has 1 saturated heterocycles. The molecular formula is C25H27N2O3PS. The first-order valence-corrected chi connectivity index (χ1v) is 13.1. The molecule has 0 bridgehead atoms. The van der Waals surface area contributed by atoms with Gasteiger partial charge < -0.3 is 9.26 Å². The summed E-state index contributed by atoms with van der Waals surface area (Å²) in [4.78, 5) is 12.7. The number of rotatable bonds is 6. The van der Waals surface area contributed by atoms with Crippen molar-refractivity contribution in [3.05, 3.63) is 108 Å². The summed E-state index contributed by atoms with van der Waals surface area (Å²) in [7, 11) is 5.37. The largest absolute Gasteiger partial charge is 0.467 e. The van der Waals surface area contributed by atoms with E-state index in [1.165, 1.54) is 7.11 Å². The van der Waals surface area contributed by atoms with E-state index in [0.29, 0.717) is 0 Å². The first-order chi connectivity index (χ1) is 15.5. The van der Waals surface area contributed by atoms with Gasteiger partial charge in [-0.3, -0.25) is 0 Å². The second-order valence-electron chi connectivity index (χ2n) is 7.77. The summed E-state index contributed by atoms with van der Waals surface area (Å²) in [5.41, 5.74) is 3.03. The minimum atomic E-state index is -2.78. The van der Waals surface area contributed by atoms with Crippen molar-refractivity contribution in [2.45, 2.75) is 18.2 Å². The van der Waals surface area contributed by atoms with Crippen LogP contribution in [0.1, 0.15) is 34.9 Å². The van der Waals surface area contributed by atoms with Crippen LogP contribution in [0.3, 0.4) is 0 Å². The molecule has 0 N–H and O–H groups in total. The normalized spacial score (nSPS) is 21.8. The minimum Gasteiger partial charge on any atom is -0.467 e. The molecule has 0 aliphatic carbocycles. The topological polar surface area (TPSA) is 42.0 Å². The van der Waals surface area contributed by atoms with Crippen LogP contribution in [-0.4, -0.2) is 36.5 Å². The lowest BCUT2D eigenvalue weighted by Crippen LogP contribution is -2.23. The Balaban J connectivity index is 1.79. The van der Waals surface area contributed by atoms with Crippen LogP contribution in [0.4, 0.5) is 0 Å². The van der Waals surface area contributed by atoms with Crippen molar-refractivity contribution >= 4 is 24.3 Å². The van der Waals surface area contributed by atoms with Crippen molar-refractivity contribution in [1.82, 2.24) is 9.34 Å². The average molecular weight is 467 g/mol. The van der Waals surface area contributed by atoms with Crippen LogP contribution in [0.25, 0.3) is 0 Å². The molecule has 1 aliphatic heterocycles. The van der Waals surface area contributed by atoms with E-state index in [1.807, 2.05) is 80.8 Å². The van der Waals surface area contributed by atoms with Crippen molar-refractivity contribution < 1.29 is 14.1 Å². The molecule has 5 nitrogen and oxygen atoms in total. The van der Waals surface area contributed by atoms with Gasteiger partial charge in [0.2, 0.25) is 6.57 Å². The van der Waals surface area contributed by atoms with Gasteiger partial charge in [0.15, 0.2) is 6.10 Å². The number of nitrogens with zero attached hydrogens (tertiary/aromatic N) is 2. The molecule has 1 heterocycles. The highest BCUT2D eigenvalue weighted by Crippen LogP contribution is 2.70. The number of methoxy groups -OCH3 is 1. The fourth-order valence-corrected chi connectivity index (χ4v) is 7.54. The fraction of sp³-hybridized carbons (Fsp3) is 0.240. The molecule has 166 valence electrons. The van der Waals surface area contributed by atoms with Gasteiger partial charge in [-0.1, -0.05) is 91.0 Å². The first-order valence-electron chi connectivity index (χ1n) is 10.4. The zero-order valence-corrected chi connectivity index (χ0v) is 20.1. The molecule has 0 saturated carbocycles. The number of carbonyl (C=O) groups is 1. The highest BCUT2D eigenvalue weighted by molar-refractivity contribution is 8.10. The summed E-state index contributed by atoms with van der Waals surface area (Å²) in [6.07, 6.45) is -0.900. The summed E-state index contributed by atoms with van der Waals surface area (Å²) in [5, 5.41) is 0. The number of esters is 1. The predicted octanol–water partition coefficient (Wildman–Crippen LogP) is 5.50. The molecule has 0 spiro atoms. The molecule has 0 amide bonds. The molecule has 0 radical (unpaired) electrons. The van der Waals surface area contributed by atoms with E-state index in [4.69, 9.17) is 21.1 Å². The summed E-state index contributed by atoms with van der Waals surface area (Å²) in [5.74, 6) is -0.457. The van der Waals surface area contributed by atoms with Gasteiger partial charge in [0, 0.05) is 0 Å². The van der Waals surface area contributed by atoms with E-state index >= 15 is 0 Å². The zero-order chi connectivity index (χ0) is 22.7. The van der Waals surface area contributed by atoms with Crippen LogP contribution >= 0.6 is 6.57 Å². The molecule has 0 unspecified atom stereocenters. The van der Waals surface area contributed by atoms with Gasteiger partial charge in [-0.25, -0.2) is 14.1 Å². The highest BCUT2D eigenvalue weighted by Gasteiger charge is 2.52. The SMILES string of the molecule is COC(=O)[C@@H](OP1(=S)N(C)[C@H](c2ccccc2)[C@@H](c2ccccc2)N1C)c1ccccc1. The van der Waals surface area contributed by atoms with Crippen molar-refractivity contribution in [3.63, 3.8) is 0 Å². The molecule has 1 aliphatic rings. The van der Waals surface area contributed by atoms with Crippen LogP contribution in [0.5, 0.6) is 0 Å². The summed E-state index contributed by atoms with van der Waals surface area (Å²) < 4.78 is 15.9. The predicted molar refractivity (Wildman–Crippen MR) is 130 cm³/mol. The molecular weight excluding hydrogens is 439 g/mol. The number of carbonyl (C=O) groups excluding carboxylic acids is 1. The lowest BCUT2D eigenvalue weighted by molar-refractivity contribution is -0.149. The minimum absolute atomic E-state index is 0.0245. The maximum absolute atomic E-state index is 12.7. The third-order valence-corrected chi connectivity index (χ3v) is 10.3. The maximum Gasteiger partial charge on any atom is 0.340 e. The Morgan fingerprint density at radius 2 is 1.22 bits per heavy atom. The van der Waals surface area contributed by atoms with Gasteiger partial charge in [-0.15, -0.1) is 0 Å². The second-order valence-corrected chi connectivity index (χ2v) is 11.6. The molecule has 32 heavy (non-hydrogen) atoms. The molecule has 3 aromatic rings. The van der Waals surface area contributed by atoms with Crippen LogP contribution in [0.2, 0.25) is 0 Å². The first kappa shape index (κ1) is 22.8. The number of likely N-dealkylation sites (N-methyl/N-ethyl adjacent to an activating group) is 2. The lowest BCUT2D eigenvalue weighted by atomic mass is 9.93. The second kappa shape index (κ2) is 9.65. The molecule has 4 rings (SSSR count). The van der Waals surface area contributed by atoms with Gasteiger partial charge in [0.05, 0.1) is 19.2 Å². The molecule has 1 fully saturated rings. The Labute approximate surface area is 194 Å². The van der Waals surface area contributed by atoms with Crippen molar-refractivity contribution in [1.29, 1.82) is 0 Å². The third kappa shape index (κ3) is 4.17. The Kier molecular flexibility index (Phi) is 6.89. The van der Waals surface area contributed by atoms with Crippen LogP contribution in [-0.2, 0) is 25.9 Å². The summed E-state index contributed by atoms with van der Waals surface area (Å²) in [6, 6.07) is 30.0. The number of ether oxygens (including phenoxy) is 1. The average Bonchev–Trinajstić information content (AvgIpc) is 3.04. The van der Waals surface area contributed by atoms with Crippen molar-refractivity contribution in [2.75, 3.05) is 21.2 Å². The number of hydrogen-bond donors (Lipinski definition) is 0. The number of hydrogen-bond acceptors (Lipinski definition) is 4. The van der Waals surface area contributed by atoms with Gasteiger partial charge in [-0.05, 0) is 42.6 Å². The van der Waals surface area contributed by atoms with Crippen molar-refractivity contribution in [3.8, 4) is 0 Å². The summed E-state index contributed by atoms with van der Waals surface area (Å²) in [6.45, 7) is -2.78. The van der Waals surface area contributed by atoms with Gasteiger partial charge in [-0.2, -0.15) is 0 Å².